The highest BCUT2D eigenvalue weighted by molar-refractivity contribution is 7.98. The molecule has 0 aliphatic carbocycles. The summed E-state index contributed by atoms with van der Waals surface area (Å²) < 4.78 is 0. The largest absolute Gasteiger partial charge is 0.507 e. The highest BCUT2D eigenvalue weighted by Gasteiger charge is 2.19. The lowest BCUT2D eigenvalue weighted by Crippen LogP contribution is -2.29. The van der Waals surface area contributed by atoms with Crippen LogP contribution in [0.2, 0.25) is 0 Å². The molecule has 0 spiro atoms. The van der Waals surface area contributed by atoms with E-state index in [1.54, 1.807) is 12.3 Å². The molecule has 0 radical (unpaired) electrons. The molecule has 0 fully saturated rings. The lowest BCUT2D eigenvalue weighted by atomic mass is 9.79. The van der Waals surface area contributed by atoms with E-state index in [2.05, 4.69) is 9.97 Å². The molecule has 2 rings (SSSR count). The van der Waals surface area contributed by atoms with Crippen LogP contribution < -0.4 is 11.0 Å². The maximum Gasteiger partial charge on any atom is 0.488 e. The summed E-state index contributed by atoms with van der Waals surface area (Å²) in [5.41, 5.74) is -0.697. The molecule has 0 saturated heterocycles. The number of aromatic amines is 1. The van der Waals surface area contributed by atoms with Gasteiger partial charge in [0.25, 0.3) is 5.56 Å². The smallest absolute Gasteiger partial charge is 0.488 e. The van der Waals surface area contributed by atoms with Gasteiger partial charge in [0.2, 0.25) is 0 Å². The predicted octanol–water partition coefficient (Wildman–Crippen LogP) is -0.584. The van der Waals surface area contributed by atoms with Crippen LogP contribution in [0, 0.1) is 11.3 Å². The molecule has 21 heavy (non-hydrogen) atoms. The molecule has 0 atom stereocenters. The molecule has 0 bridgehead atoms. The van der Waals surface area contributed by atoms with Gasteiger partial charge in [-0.05, 0) is 23.9 Å². The van der Waals surface area contributed by atoms with Gasteiger partial charge in [-0.2, -0.15) is 5.26 Å². The Labute approximate surface area is 124 Å². The molecule has 0 amide bonds. The normalized spacial score (nSPS) is 10.2. The summed E-state index contributed by atoms with van der Waals surface area (Å²) in [5, 5.41) is 37.7. The molecule has 2 aromatic rings. The van der Waals surface area contributed by atoms with Crippen LogP contribution in [0.4, 0.5) is 0 Å². The van der Waals surface area contributed by atoms with Gasteiger partial charge in [0.15, 0.2) is 5.16 Å². The fourth-order valence-corrected chi connectivity index (χ4v) is 2.13. The Hall–Kier alpha value is -2.28. The van der Waals surface area contributed by atoms with E-state index in [1.807, 2.05) is 0 Å². The summed E-state index contributed by atoms with van der Waals surface area (Å²) in [6.45, 7) is 0. The fraction of sp³-hybridized carbons (Fsp3) is 0.0833. The quantitative estimate of drug-likeness (QED) is 0.339. The lowest BCUT2D eigenvalue weighted by molar-refractivity contribution is 0.425. The van der Waals surface area contributed by atoms with Crippen LogP contribution in [-0.2, 0) is 0 Å². The number of aromatic hydroxyl groups is 1. The van der Waals surface area contributed by atoms with Crippen LogP contribution in [0.25, 0.3) is 11.3 Å². The van der Waals surface area contributed by atoms with Gasteiger partial charge in [0, 0.05) is 5.56 Å². The number of phenolic OH excluding ortho intramolecular Hbond substituents is 1. The van der Waals surface area contributed by atoms with Crippen molar-refractivity contribution in [1.82, 2.24) is 9.97 Å². The molecule has 106 valence electrons. The van der Waals surface area contributed by atoms with Crippen molar-refractivity contribution in [3.63, 3.8) is 0 Å². The number of phenols is 1. The van der Waals surface area contributed by atoms with E-state index in [0.717, 1.165) is 0 Å². The lowest BCUT2D eigenvalue weighted by Gasteiger charge is -2.09. The molecule has 0 saturated carbocycles. The van der Waals surface area contributed by atoms with Crippen molar-refractivity contribution in [2.45, 2.75) is 5.16 Å². The first-order valence-corrected chi connectivity index (χ1v) is 6.98. The van der Waals surface area contributed by atoms with Gasteiger partial charge >= 0.3 is 7.12 Å². The summed E-state index contributed by atoms with van der Waals surface area (Å²) in [6, 6.07) is 5.57. The third kappa shape index (κ3) is 2.92. The molecule has 0 unspecified atom stereocenters. The Morgan fingerprint density at radius 1 is 1.43 bits per heavy atom. The average molecular weight is 303 g/mol. The fourth-order valence-electron chi connectivity index (χ4n) is 1.75. The van der Waals surface area contributed by atoms with Crippen LogP contribution in [0.3, 0.4) is 0 Å². The minimum atomic E-state index is -1.74. The van der Waals surface area contributed by atoms with Crippen molar-refractivity contribution in [2.24, 2.45) is 0 Å². The number of benzene rings is 1. The van der Waals surface area contributed by atoms with Crippen molar-refractivity contribution in [3.8, 4) is 23.1 Å². The van der Waals surface area contributed by atoms with Gasteiger partial charge in [-0.15, -0.1) is 0 Å². The van der Waals surface area contributed by atoms with Gasteiger partial charge in [0.1, 0.15) is 23.1 Å². The highest BCUT2D eigenvalue weighted by Crippen LogP contribution is 2.28. The van der Waals surface area contributed by atoms with E-state index in [-0.39, 0.29) is 33.2 Å². The zero-order chi connectivity index (χ0) is 15.6. The standard InChI is InChI=1S/C12H10BN3O4S/c1-21-12-15-10(8(5-14)11(18)16-12)7-4-6(13(19)20)2-3-9(7)17/h2-4,17,19-20H,1H3,(H,15,16,18). The van der Waals surface area contributed by atoms with E-state index < -0.39 is 12.7 Å². The van der Waals surface area contributed by atoms with Crippen molar-refractivity contribution in [1.29, 1.82) is 5.26 Å². The summed E-state index contributed by atoms with van der Waals surface area (Å²) in [6.07, 6.45) is 1.70. The van der Waals surface area contributed by atoms with Crippen LogP contribution in [0.5, 0.6) is 5.75 Å². The number of thioether (sulfide) groups is 1. The number of nitrogens with zero attached hydrogens (tertiary/aromatic N) is 2. The van der Waals surface area contributed by atoms with Crippen molar-refractivity contribution >= 4 is 24.3 Å². The number of nitrogens with one attached hydrogen (secondary N) is 1. The monoisotopic (exact) mass is 303 g/mol. The number of H-pyrrole nitrogens is 1. The molecule has 0 aliphatic rings. The summed E-state index contributed by atoms with van der Waals surface area (Å²) >= 11 is 1.17. The second-order valence-electron chi connectivity index (χ2n) is 4.06. The van der Waals surface area contributed by atoms with E-state index in [4.69, 9.17) is 5.26 Å². The number of rotatable bonds is 3. The van der Waals surface area contributed by atoms with Gasteiger partial charge in [0.05, 0.1) is 0 Å². The zero-order valence-corrected chi connectivity index (χ0v) is 11.7. The molecular formula is C12H10BN3O4S. The average Bonchev–Trinajstić information content (AvgIpc) is 2.46. The topological polar surface area (TPSA) is 130 Å². The Morgan fingerprint density at radius 2 is 2.14 bits per heavy atom. The van der Waals surface area contributed by atoms with Crippen molar-refractivity contribution in [3.05, 3.63) is 34.1 Å². The second kappa shape index (κ2) is 6.01. The van der Waals surface area contributed by atoms with Gasteiger partial charge in [-0.3, -0.25) is 4.79 Å². The third-order valence-electron chi connectivity index (χ3n) is 2.78. The molecule has 9 heteroatoms. The zero-order valence-electron chi connectivity index (χ0n) is 10.9. The van der Waals surface area contributed by atoms with Crippen LogP contribution in [-0.4, -0.2) is 38.5 Å². The van der Waals surface area contributed by atoms with E-state index in [9.17, 15) is 19.9 Å². The predicted molar refractivity (Wildman–Crippen MR) is 78.3 cm³/mol. The Morgan fingerprint density at radius 3 is 2.71 bits per heavy atom. The number of aromatic nitrogens is 2. The highest BCUT2D eigenvalue weighted by atomic mass is 32.2. The molecular weight excluding hydrogens is 293 g/mol. The Kier molecular flexibility index (Phi) is 4.33. The number of nitriles is 1. The first kappa shape index (κ1) is 15.1. The van der Waals surface area contributed by atoms with Crippen LogP contribution >= 0.6 is 11.8 Å². The second-order valence-corrected chi connectivity index (χ2v) is 4.86. The minimum Gasteiger partial charge on any atom is -0.507 e. The molecule has 1 aromatic carbocycles. The van der Waals surface area contributed by atoms with Crippen molar-refractivity contribution < 1.29 is 15.2 Å². The molecule has 4 N–H and O–H groups in total. The van der Waals surface area contributed by atoms with Gasteiger partial charge < -0.3 is 20.1 Å². The maximum atomic E-state index is 11.8. The van der Waals surface area contributed by atoms with Crippen LogP contribution in [0.15, 0.2) is 28.2 Å². The van der Waals surface area contributed by atoms with E-state index >= 15 is 0 Å². The summed E-state index contributed by atoms with van der Waals surface area (Å²) in [4.78, 5) is 18.4. The van der Waals surface area contributed by atoms with Crippen molar-refractivity contribution in [2.75, 3.05) is 6.26 Å². The SMILES string of the molecule is CSc1nc(-c2cc(B(O)O)ccc2O)c(C#N)c(=O)[nH]1. The molecule has 0 aliphatic heterocycles. The maximum absolute atomic E-state index is 11.8. The molecule has 7 nitrogen and oxygen atoms in total. The van der Waals surface area contributed by atoms with Gasteiger partial charge in [-0.1, -0.05) is 17.8 Å². The first-order chi connectivity index (χ1) is 9.97. The molecule has 1 heterocycles. The number of hydrogen-bond acceptors (Lipinski definition) is 7. The summed E-state index contributed by atoms with van der Waals surface area (Å²) in [5.74, 6) is -0.221. The first-order valence-electron chi connectivity index (χ1n) is 5.75. The van der Waals surface area contributed by atoms with Gasteiger partial charge in [-0.25, -0.2) is 4.98 Å². The van der Waals surface area contributed by atoms with E-state index in [1.165, 1.54) is 30.0 Å². The third-order valence-corrected chi connectivity index (χ3v) is 3.36. The van der Waals surface area contributed by atoms with E-state index in [0.29, 0.717) is 0 Å². The van der Waals surface area contributed by atoms with Crippen LogP contribution in [0.1, 0.15) is 5.56 Å². The molecule has 1 aromatic heterocycles. The Bertz CT molecular complexity index is 785. The number of hydrogen-bond donors (Lipinski definition) is 4. The summed E-state index contributed by atoms with van der Waals surface area (Å²) in [7, 11) is -1.74. The Balaban J connectivity index is 2.77. The minimum absolute atomic E-state index is 0.00870.